The number of nitrogens with one attached hydrogen (secondary N) is 1. The number of nitrogens with two attached hydrogens (primary N) is 1. The van der Waals surface area contributed by atoms with Gasteiger partial charge in [-0.1, -0.05) is 50.4 Å². The molecular weight excluding hydrogens is 480 g/mol. The van der Waals surface area contributed by atoms with E-state index in [-0.39, 0.29) is 44.4 Å². The Balaban J connectivity index is 0.00000235. The van der Waals surface area contributed by atoms with Crippen LogP contribution in [0.25, 0.3) is 0 Å². The molecule has 1 aromatic carbocycles. The van der Waals surface area contributed by atoms with Gasteiger partial charge in [-0.05, 0) is 36.1 Å². The molecule has 202 valence electrons. The van der Waals surface area contributed by atoms with Gasteiger partial charge < -0.3 is 26.0 Å². The molecule has 10 heteroatoms. The van der Waals surface area contributed by atoms with Crippen LogP contribution < -0.4 is 11.1 Å². The van der Waals surface area contributed by atoms with Crippen LogP contribution in [0.3, 0.4) is 0 Å². The third-order valence-corrected chi connectivity index (χ3v) is 4.84. The van der Waals surface area contributed by atoms with Crippen LogP contribution in [0.5, 0.6) is 0 Å². The molecule has 1 rings (SSSR count). The number of Topliss-reactive ketones (excluding diaryl/α,β-unsaturated/α-hetero) is 1. The number of carboxylic acid groups (broad SMARTS) is 2. The summed E-state index contributed by atoms with van der Waals surface area (Å²) < 4.78 is 5.60. The Morgan fingerprint density at radius 2 is 1.57 bits per heavy atom. The van der Waals surface area contributed by atoms with Crippen molar-refractivity contribution in [3.05, 3.63) is 72.5 Å². The Hall–Kier alpha value is -4.21. The first-order valence-electron chi connectivity index (χ1n) is 11.7. The van der Waals surface area contributed by atoms with Gasteiger partial charge in [0.2, 0.25) is 11.8 Å². The Bertz CT molecular complexity index is 967. The van der Waals surface area contributed by atoms with Crippen molar-refractivity contribution in [2.75, 3.05) is 0 Å². The van der Waals surface area contributed by atoms with E-state index in [4.69, 9.17) is 20.7 Å². The van der Waals surface area contributed by atoms with E-state index in [0.717, 1.165) is 11.1 Å². The maximum Gasteiger partial charge on any atom is 0.303 e. The highest BCUT2D eigenvalue weighted by atomic mass is 16.5. The Labute approximate surface area is 216 Å². The summed E-state index contributed by atoms with van der Waals surface area (Å²) in [6.45, 7) is 9.24. The second-order valence-corrected chi connectivity index (χ2v) is 7.85. The summed E-state index contributed by atoms with van der Waals surface area (Å²) >= 11 is 0. The molecule has 1 aromatic rings. The fourth-order valence-electron chi connectivity index (χ4n) is 2.79. The minimum atomic E-state index is -1.07. The standard InChI is InChI=1S/C24H30N2O6.C3H6O2/c1-3-5-19(4-2)32-16-18-8-6-17(7-9-18)10-14-23(29)26-20(11-15-24(30)31)21(27)12-13-22(25)28;1-2-3(4)5/h3-9,20H,1-2,10-16H2,(H2,25,28)(H,26,29)(H,30,31);2H2,1H3,(H,4,5)/b19-5+;/t20-;/m0./s1. The molecular formula is C27H36N2O8. The number of benzene rings is 1. The molecule has 2 amide bonds. The fraction of sp³-hybridized carbons (Fsp3) is 0.370. The van der Waals surface area contributed by atoms with Crippen molar-refractivity contribution in [2.24, 2.45) is 5.73 Å². The summed E-state index contributed by atoms with van der Waals surface area (Å²) in [7, 11) is 0. The Morgan fingerprint density at radius 3 is 2.05 bits per heavy atom. The number of carbonyl (C=O) groups is 5. The minimum absolute atomic E-state index is 0.0413. The van der Waals surface area contributed by atoms with Crippen LogP contribution in [0.1, 0.15) is 56.6 Å². The third kappa shape index (κ3) is 17.0. The summed E-state index contributed by atoms with van der Waals surface area (Å²) in [6.07, 6.45) is 5.12. The molecule has 0 saturated carbocycles. The van der Waals surface area contributed by atoms with E-state index in [1.807, 2.05) is 24.3 Å². The monoisotopic (exact) mass is 516 g/mol. The second-order valence-electron chi connectivity index (χ2n) is 7.85. The Kier molecular flexibility index (Phi) is 16.9. The lowest BCUT2D eigenvalue weighted by Gasteiger charge is -2.17. The first-order chi connectivity index (χ1) is 17.5. The summed E-state index contributed by atoms with van der Waals surface area (Å²) in [6, 6.07) is 6.60. The number of carbonyl (C=O) groups excluding carboxylic acids is 3. The van der Waals surface area contributed by atoms with Crippen LogP contribution in [-0.2, 0) is 41.7 Å². The number of ketones is 1. The quantitative estimate of drug-likeness (QED) is 0.181. The van der Waals surface area contributed by atoms with Crippen LogP contribution in [0.15, 0.2) is 61.4 Å². The molecule has 0 unspecified atom stereocenters. The number of rotatable bonds is 17. The molecule has 0 heterocycles. The van der Waals surface area contributed by atoms with Crippen molar-refractivity contribution in [3.8, 4) is 0 Å². The van der Waals surface area contributed by atoms with Gasteiger partial charge in [0.15, 0.2) is 5.78 Å². The SMILES string of the molecule is C=C/C=C(\C=C)OCc1ccc(CCC(=O)N[C@@H](CCC(=O)O)C(=O)CCC(N)=O)cc1.CCC(=O)O. The number of hydrogen-bond acceptors (Lipinski definition) is 6. The van der Waals surface area contributed by atoms with Gasteiger partial charge in [-0.25, -0.2) is 0 Å². The molecule has 10 nitrogen and oxygen atoms in total. The van der Waals surface area contributed by atoms with Crippen molar-refractivity contribution >= 4 is 29.5 Å². The third-order valence-electron chi connectivity index (χ3n) is 4.84. The molecule has 0 aliphatic carbocycles. The van der Waals surface area contributed by atoms with Gasteiger partial charge in [0.1, 0.15) is 12.4 Å². The van der Waals surface area contributed by atoms with Gasteiger partial charge in [0.05, 0.1) is 6.04 Å². The van der Waals surface area contributed by atoms with E-state index < -0.39 is 29.7 Å². The van der Waals surface area contributed by atoms with Crippen LogP contribution >= 0.6 is 0 Å². The number of amides is 2. The highest BCUT2D eigenvalue weighted by molar-refractivity contribution is 5.91. The van der Waals surface area contributed by atoms with E-state index >= 15 is 0 Å². The number of hydrogen-bond donors (Lipinski definition) is 4. The van der Waals surface area contributed by atoms with E-state index in [1.54, 1.807) is 25.2 Å². The van der Waals surface area contributed by atoms with Crippen molar-refractivity contribution < 1.29 is 38.9 Å². The first kappa shape index (κ1) is 32.8. The summed E-state index contributed by atoms with van der Waals surface area (Å²) in [5, 5.41) is 19.2. The van der Waals surface area contributed by atoms with Crippen molar-refractivity contribution in [3.63, 3.8) is 0 Å². The summed E-state index contributed by atoms with van der Waals surface area (Å²) in [5.74, 6) is -2.62. The van der Waals surface area contributed by atoms with E-state index in [2.05, 4.69) is 18.5 Å². The second kappa shape index (κ2) is 19.0. The minimum Gasteiger partial charge on any atom is -0.489 e. The average Bonchev–Trinajstić information content (AvgIpc) is 2.87. The van der Waals surface area contributed by atoms with Gasteiger partial charge in [0, 0.05) is 32.1 Å². The maximum atomic E-state index is 12.3. The topological polar surface area (TPSA) is 173 Å². The number of allylic oxidation sites excluding steroid dienone is 3. The number of primary amides is 1. The molecule has 0 aliphatic heterocycles. The van der Waals surface area contributed by atoms with Crippen LogP contribution in [0.2, 0.25) is 0 Å². The van der Waals surface area contributed by atoms with Crippen LogP contribution in [0, 0.1) is 0 Å². The van der Waals surface area contributed by atoms with Gasteiger partial charge in [0.25, 0.3) is 0 Å². The largest absolute Gasteiger partial charge is 0.489 e. The lowest BCUT2D eigenvalue weighted by atomic mass is 10.0. The van der Waals surface area contributed by atoms with Crippen molar-refractivity contribution in [1.29, 1.82) is 0 Å². The number of aryl methyl sites for hydroxylation is 1. The van der Waals surface area contributed by atoms with E-state index in [1.165, 1.54) is 0 Å². The molecule has 1 atom stereocenters. The van der Waals surface area contributed by atoms with Crippen LogP contribution in [-0.4, -0.2) is 45.8 Å². The molecule has 0 aliphatic rings. The lowest BCUT2D eigenvalue weighted by Crippen LogP contribution is -2.41. The lowest BCUT2D eigenvalue weighted by molar-refractivity contribution is -0.138. The summed E-state index contributed by atoms with van der Waals surface area (Å²) in [4.78, 5) is 55.6. The molecule has 0 aromatic heterocycles. The van der Waals surface area contributed by atoms with Gasteiger partial charge in [-0.2, -0.15) is 0 Å². The maximum absolute atomic E-state index is 12.3. The number of ether oxygens (including phenoxy) is 1. The predicted octanol–water partition coefficient (Wildman–Crippen LogP) is 3.06. The number of aliphatic carboxylic acids is 2. The smallest absolute Gasteiger partial charge is 0.303 e. The Morgan fingerprint density at radius 1 is 0.973 bits per heavy atom. The molecule has 37 heavy (non-hydrogen) atoms. The van der Waals surface area contributed by atoms with Gasteiger partial charge in [-0.3, -0.25) is 24.0 Å². The van der Waals surface area contributed by atoms with Crippen LogP contribution in [0.4, 0.5) is 0 Å². The fourth-order valence-corrected chi connectivity index (χ4v) is 2.79. The van der Waals surface area contributed by atoms with Crippen molar-refractivity contribution in [2.45, 2.75) is 64.5 Å². The summed E-state index contributed by atoms with van der Waals surface area (Å²) in [5.41, 5.74) is 6.93. The molecule has 0 saturated heterocycles. The normalized spacial score (nSPS) is 11.2. The van der Waals surface area contributed by atoms with E-state index in [0.29, 0.717) is 18.8 Å². The van der Waals surface area contributed by atoms with Crippen molar-refractivity contribution in [1.82, 2.24) is 5.32 Å². The average molecular weight is 517 g/mol. The number of carboxylic acids is 2. The molecule has 5 N–H and O–H groups in total. The van der Waals surface area contributed by atoms with E-state index in [9.17, 15) is 24.0 Å². The molecule has 0 spiro atoms. The van der Waals surface area contributed by atoms with Gasteiger partial charge >= 0.3 is 11.9 Å². The zero-order valence-electron chi connectivity index (χ0n) is 21.1. The highest BCUT2D eigenvalue weighted by Gasteiger charge is 2.21. The highest BCUT2D eigenvalue weighted by Crippen LogP contribution is 2.11. The molecule has 0 radical (unpaired) electrons. The first-order valence-corrected chi connectivity index (χ1v) is 11.7. The molecule has 0 fully saturated rings. The zero-order valence-corrected chi connectivity index (χ0v) is 21.1. The van der Waals surface area contributed by atoms with Gasteiger partial charge in [-0.15, -0.1) is 0 Å². The predicted molar refractivity (Wildman–Crippen MR) is 138 cm³/mol. The molecule has 0 bridgehead atoms. The zero-order chi connectivity index (χ0) is 28.2.